The Morgan fingerprint density at radius 2 is 1.97 bits per heavy atom. The van der Waals surface area contributed by atoms with Crippen LogP contribution in [-0.2, 0) is 19.0 Å². The van der Waals surface area contributed by atoms with Gasteiger partial charge < -0.3 is 25.1 Å². The van der Waals surface area contributed by atoms with Crippen molar-refractivity contribution in [3.8, 4) is 6.57 Å². The van der Waals surface area contributed by atoms with E-state index in [1.807, 2.05) is 39.8 Å². The number of methoxy groups -OCH3 is 1. The van der Waals surface area contributed by atoms with Gasteiger partial charge in [0.1, 0.15) is 24.6 Å². The molecular weight excluding hydrogens is 414 g/mol. The summed E-state index contributed by atoms with van der Waals surface area (Å²) >= 11 is 0. The monoisotopic (exact) mass is 451 g/mol. The van der Waals surface area contributed by atoms with Crippen molar-refractivity contribution in [2.24, 2.45) is 5.92 Å². The molecule has 2 aromatic heterocycles. The van der Waals surface area contributed by atoms with Gasteiger partial charge in [-0.05, 0) is 38.8 Å². The zero-order chi connectivity index (χ0) is 24.9. The summed E-state index contributed by atoms with van der Waals surface area (Å²) in [7, 11) is 1.46. The van der Waals surface area contributed by atoms with E-state index < -0.39 is 5.79 Å². The molecule has 180 valence electrons. The Balaban J connectivity index is 0.000000824. The molecule has 3 heterocycles. The number of fused-ring (bicyclic) bond motifs is 1. The van der Waals surface area contributed by atoms with Crippen LogP contribution < -0.4 is 5.73 Å². The lowest BCUT2D eigenvalue weighted by Crippen LogP contribution is -2.21. The third-order valence-electron chi connectivity index (χ3n) is 4.33. The maximum absolute atomic E-state index is 11.5. The van der Waals surface area contributed by atoms with Crippen LogP contribution in [0.5, 0.6) is 0 Å². The van der Waals surface area contributed by atoms with Gasteiger partial charge in [-0.2, -0.15) is 5.10 Å². The Morgan fingerprint density at radius 3 is 2.50 bits per heavy atom. The zero-order valence-corrected chi connectivity index (χ0v) is 20.1. The van der Waals surface area contributed by atoms with Crippen molar-refractivity contribution in [2.75, 3.05) is 19.5 Å². The van der Waals surface area contributed by atoms with Crippen LogP contribution in [0, 0.1) is 17.8 Å². The molecule has 3 N–H and O–H groups in total. The van der Waals surface area contributed by atoms with Crippen LogP contribution in [0.15, 0.2) is 18.5 Å². The minimum Gasteiger partial charge on any atom is -0.463 e. The quantitative estimate of drug-likeness (QED) is 0.516. The first kappa shape index (κ1) is 29.3. The lowest BCUT2D eigenvalue weighted by atomic mass is 10.1. The van der Waals surface area contributed by atoms with Gasteiger partial charge in [0.15, 0.2) is 11.6 Å². The first-order chi connectivity index (χ1) is 15.1. The molecule has 0 spiro atoms. The lowest BCUT2D eigenvalue weighted by Gasteiger charge is -2.14. The lowest BCUT2D eigenvalue weighted by molar-refractivity contribution is -0.155. The van der Waals surface area contributed by atoms with E-state index in [4.69, 9.17) is 25.6 Å². The number of hydrogen-bond acceptors (Lipinski definition) is 9. The van der Waals surface area contributed by atoms with Gasteiger partial charge in [-0.25, -0.2) is 14.8 Å². The Kier molecular flexibility index (Phi) is 13.1. The number of aromatic nitrogens is 3. The molecule has 10 heteroatoms. The molecule has 2 atom stereocenters. The van der Waals surface area contributed by atoms with E-state index in [9.17, 15) is 4.79 Å². The molecule has 1 aliphatic heterocycles. The second kappa shape index (κ2) is 14.3. The third-order valence-corrected chi connectivity index (χ3v) is 4.33. The van der Waals surface area contributed by atoms with Crippen molar-refractivity contribution in [1.82, 2.24) is 14.6 Å². The number of anilines is 1. The van der Waals surface area contributed by atoms with Crippen LogP contribution in [0.3, 0.4) is 0 Å². The van der Waals surface area contributed by atoms with Gasteiger partial charge in [0, 0.05) is 13.7 Å². The molecular formula is C22H37N5O5. The van der Waals surface area contributed by atoms with E-state index in [1.54, 1.807) is 18.4 Å². The summed E-state index contributed by atoms with van der Waals surface area (Å²) in [5.74, 6) is -0.825. The van der Waals surface area contributed by atoms with Crippen LogP contribution in [0.1, 0.15) is 66.2 Å². The average Bonchev–Trinajstić information content (AvgIpc) is 3.42. The van der Waals surface area contributed by atoms with Gasteiger partial charge in [0.2, 0.25) is 0 Å². The van der Waals surface area contributed by atoms with Crippen LogP contribution in [-0.4, -0.2) is 51.3 Å². The maximum atomic E-state index is 11.5. The number of carbonyl (C=O) groups is 1. The molecule has 0 aliphatic carbocycles. The van der Waals surface area contributed by atoms with E-state index in [0.717, 1.165) is 24.1 Å². The van der Waals surface area contributed by atoms with Crippen molar-refractivity contribution in [2.45, 2.75) is 72.4 Å². The Hall–Kier alpha value is -2.74. The fraction of sp³-hybridized carbons (Fsp3) is 0.636. The molecule has 1 saturated heterocycles. The second-order valence-corrected chi connectivity index (χ2v) is 7.46. The Bertz CT molecular complexity index is 829. The minimum atomic E-state index is -0.958. The van der Waals surface area contributed by atoms with E-state index in [0.29, 0.717) is 12.4 Å². The van der Waals surface area contributed by atoms with Crippen molar-refractivity contribution in [3.05, 3.63) is 24.2 Å². The first-order valence-electron chi connectivity index (χ1n) is 10.6. The molecule has 2 unspecified atom stereocenters. The van der Waals surface area contributed by atoms with Crippen LogP contribution in [0.2, 0.25) is 0 Å². The summed E-state index contributed by atoms with van der Waals surface area (Å²) in [5, 5.41) is 19.3. The molecule has 0 radical (unpaired) electrons. The average molecular weight is 452 g/mol. The summed E-state index contributed by atoms with van der Waals surface area (Å²) in [6.07, 6.45) is 3.00. The minimum absolute atomic E-state index is 0.0699. The summed E-state index contributed by atoms with van der Waals surface area (Å²) < 4.78 is 17.5. The van der Waals surface area contributed by atoms with Crippen LogP contribution in [0.4, 0.5) is 5.82 Å². The van der Waals surface area contributed by atoms with E-state index in [1.165, 1.54) is 13.4 Å². The number of nitrogen functional groups attached to an aromatic ring is 1. The predicted molar refractivity (Wildman–Crippen MR) is 121 cm³/mol. The highest BCUT2D eigenvalue weighted by Gasteiger charge is 2.30. The number of nitrogens with two attached hydrogens (primary N) is 1. The molecule has 0 bridgehead atoms. The largest absolute Gasteiger partial charge is 0.463 e. The van der Waals surface area contributed by atoms with Crippen LogP contribution in [0.25, 0.3) is 5.52 Å². The predicted octanol–water partition coefficient (Wildman–Crippen LogP) is 3.26. The molecule has 1 aliphatic rings. The highest BCUT2D eigenvalue weighted by molar-refractivity contribution is 5.71. The molecule has 0 saturated carbocycles. The van der Waals surface area contributed by atoms with Crippen molar-refractivity contribution >= 4 is 17.3 Å². The number of hydrogen-bond donors (Lipinski definition) is 2. The number of nitrogens with zero attached hydrogens (tertiary/aromatic N) is 4. The number of carbonyl (C=O) groups excluding carboxylic acids is 1. The third kappa shape index (κ3) is 9.18. The van der Waals surface area contributed by atoms with E-state index in [2.05, 4.69) is 21.4 Å². The molecule has 1 fully saturated rings. The highest BCUT2D eigenvalue weighted by Crippen LogP contribution is 2.33. The van der Waals surface area contributed by atoms with Crippen LogP contribution >= 0.6 is 0 Å². The molecule has 3 rings (SSSR count). The van der Waals surface area contributed by atoms with Crippen molar-refractivity contribution in [3.63, 3.8) is 0 Å². The van der Waals surface area contributed by atoms with E-state index in [-0.39, 0.29) is 24.1 Å². The van der Waals surface area contributed by atoms with E-state index >= 15 is 0 Å². The normalized spacial score (nSPS) is 17.3. The summed E-state index contributed by atoms with van der Waals surface area (Å²) in [5.41, 5.74) is 7.55. The second-order valence-electron chi connectivity index (χ2n) is 7.46. The Labute approximate surface area is 190 Å². The Morgan fingerprint density at radius 1 is 1.38 bits per heavy atom. The highest BCUT2D eigenvalue weighted by atomic mass is 16.6. The van der Waals surface area contributed by atoms with Gasteiger partial charge in [0.25, 0.3) is 0 Å². The summed E-state index contributed by atoms with van der Waals surface area (Å²) in [6.45, 7) is 14.6. The zero-order valence-electron chi connectivity index (χ0n) is 20.1. The molecule has 0 amide bonds. The van der Waals surface area contributed by atoms with Gasteiger partial charge in [-0.3, -0.25) is 4.79 Å². The topological polar surface area (TPSA) is 145 Å². The van der Waals surface area contributed by atoms with Gasteiger partial charge in [-0.1, -0.05) is 27.7 Å². The van der Waals surface area contributed by atoms with Gasteiger partial charge in [-0.15, -0.1) is 0 Å². The number of esters is 1. The molecule has 2 aromatic rings. The van der Waals surface area contributed by atoms with Gasteiger partial charge >= 0.3 is 5.97 Å². The fourth-order valence-electron chi connectivity index (χ4n) is 2.60. The number of aliphatic hydroxyl groups is 1. The van der Waals surface area contributed by atoms with Crippen molar-refractivity contribution < 1.29 is 24.1 Å². The maximum Gasteiger partial charge on any atom is 0.308 e. The summed E-state index contributed by atoms with van der Waals surface area (Å²) in [4.78, 5) is 15.5. The number of rotatable bonds is 5. The fourth-order valence-corrected chi connectivity index (χ4v) is 2.60. The molecule has 0 aromatic carbocycles. The molecule has 10 nitrogen and oxygen atoms in total. The number of ether oxygens (including phenoxy) is 3. The number of nitriles is 1. The summed E-state index contributed by atoms with van der Waals surface area (Å²) in [6, 6.07) is 3.84. The van der Waals surface area contributed by atoms with Gasteiger partial charge in [0.05, 0.1) is 17.7 Å². The van der Waals surface area contributed by atoms with Crippen molar-refractivity contribution in [1.29, 1.82) is 5.26 Å². The smallest absolute Gasteiger partial charge is 0.308 e. The molecule has 32 heavy (non-hydrogen) atoms. The SMILES string of the molecule is C#N.CC.CC(C)C(=O)OCC1CCC(c2ccc3c(N)ncnn23)O1.COC(C)(C)O. The standard InChI is InChI=1S/C15H20N4O3.C4H10O2.C2H6.CHN/c1-9(2)15(20)21-7-10-3-6-13(22-10)11-4-5-12-14(16)17-8-18-19(11)12;1-4(2,5)6-3;2*1-2/h4-5,8-10,13H,3,6-7H2,1-2H3,(H2,16,17,18);5H,1-3H3;1-2H3;1H. The first-order valence-corrected chi connectivity index (χ1v) is 10.6.